The van der Waals surface area contributed by atoms with E-state index in [-0.39, 0.29) is 35.7 Å². The number of aliphatic imine (C=N–C) groups is 1. The molecule has 152 valence electrons. The molecule has 0 aromatic heterocycles. The molecule has 2 aromatic rings. The smallest absolute Gasteiger partial charge is 0.251 e. The minimum absolute atomic E-state index is 0. The summed E-state index contributed by atoms with van der Waals surface area (Å²) in [5.74, 6) is 0.905. The summed E-state index contributed by atoms with van der Waals surface area (Å²) in [5.41, 5.74) is 2.02. The third kappa shape index (κ3) is 7.34. The van der Waals surface area contributed by atoms with Crippen LogP contribution in [-0.2, 0) is 6.54 Å². The summed E-state index contributed by atoms with van der Waals surface area (Å²) in [6.45, 7) is 3.12. The number of methoxy groups -OCH3 is 1. The highest BCUT2D eigenvalue weighted by atomic mass is 127. The molecule has 0 unspecified atom stereocenters. The van der Waals surface area contributed by atoms with Gasteiger partial charge in [0.25, 0.3) is 5.91 Å². The Kier molecular flexibility index (Phi) is 10.3. The van der Waals surface area contributed by atoms with Gasteiger partial charge in [0.1, 0.15) is 11.6 Å². The molecule has 0 fully saturated rings. The van der Waals surface area contributed by atoms with Gasteiger partial charge in [0.15, 0.2) is 5.96 Å². The first-order chi connectivity index (χ1) is 13.0. The molecule has 2 aromatic carbocycles. The number of hydrogen-bond donors (Lipinski definition) is 3. The van der Waals surface area contributed by atoms with Crippen LogP contribution in [0.2, 0.25) is 0 Å². The average molecular weight is 500 g/mol. The molecule has 0 aliphatic heterocycles. The summed E-state index contributed by atoms with van der Waals surface area (Å²) in [5, 5.41) is 9.04. The van der Waals surface area contributed by atoms with E-state index in [2.05, 4.69) is 20.9 Å². The maximum absolute atomic E-state index is 13.6. The van der Waals surface area contributed by atoms with Crippen LogP contribution in [0, 0.1) is 12.7 Å². The molecular formula is C20H26FIN4O2. The maximum atomic E-state index is 13.6. The van der Waals surface area contributed by atoms with Crippen LogP contribution in [0.4, 0.5) is 4.39 Å². The predicted octanol–water partition coefficient (Wildman–Crippen LogP) is 2.86. The zero-order valence-electron chi connectivity index (χ0n) is 16.2. The molecule has 8 heteroatoms. The van der Waals surface area contributed by atoms with Crippen molar-refractivity contribution in [2.45, 2.75) is 13.5 Å². The SMILES string of the molecule is CN=C(NCCNC(=O)c1ccc(OC)cc1)NCc1ccc(C)c(F)c1.I. The minimum Gasteiger partial charge on any atom is -0.497 e. The fourth-order valence-electron chi connectivity index (χ4n) is 2.35. The molecule has 0 bridgehead atoms. The van der Waals surface area contributed by atoms with Gasteiger partial charge in [0.05, 0.1) is 7.11 Å². The summed E-state index contributed by atoms with van der Waals surface area (Å²) in [6.07, 6.45) is 0. The van der Waals surface area contributed by atoms with E-state index in [4.69, 9.17) is 4.74 Å². The second kappa shape index (κ2) is 12.2. The van der Waals surface area contributed by atoms with Crippen molar-refractivity contribution in [3.63, 3.8) is 0 Å². The molecule has 0 aliphatic carbocycles. The van der Waals surface area contributed by atoms with Gasteiger partial charge in [-0.15, -0.1) is 24.0 Å². The van der Waals surface area contributed by atoms with E-state index in [0.717, 1.165) is 5.56 Å². The number of nitrogens with zero attached hydrogens (tertiary/aromatic N) is 1. The Morgan fingerprint density at radius 1 is 1.07 bits per heavy atom. The number of hydrogen-bond acceptors (Lipinski definition) is 3. The number of aryl methyl sites for hydroxylation is 1. The average Bonchev–Trinajstić information content (AvgIpc) is 2.69. The fraction of sp³-hybridized carbons (Fsp3) is 0.300. The van der Waals surface area contributed by atoms with Gasteiger partial charge in [-0.05, 0) is 48.4 Å². The number of halogens is 2. The predicted molar refractivity (Wildman–Crippen MR) is 120 cm³/mol. The van der Waals surface area contributed by atoms with Crippen molar-refractivity contribution >= 4 is 35.8 Å². The Labute approximate surface area is 182 Å². The molecule has 28 heavy (non-hydrogen) atoms. The molecule has 0 radical (unpaired) electrons. The van der Waals surface area contributed by atoms with Crippen molar-refractivity contribution in [3.8, 4) is 5.75 Å². The van der Waals surface area contributed by atoms with Crippen LogP contribution < -0.4 is 20.7 Å². The lowest BCUT2D eigenvalue weighted by atomic mass is 10.1. The number of nitrogens with one attached hydrogen (secondary N) is 3. The van der Waals surface area contributed by atoms with Crippen LogP contribution in [0.25, 0.3) is 0 Å². The molecular weight excluding hydrogens is 474 g/mol. The van der Waals surface area contributed by atoms with Crippen LogP contribution in [0.5, 0.6) is 5.75 Å². The monoisotopic (exact) mass is 500 g/mol. The molecule has 3 N–H and O–H groups in total. The Balaban J connectivity index is 0.00000392. The highest BCUT2D eigenvalue weighted by Crippen LogP contribution is 2.11. The Bertz CT molecular complexity index is 797. The number of benzene rings is 2. The summed E-state index contributed by atoms with van der Waals surface area (Å²) < 4.78 is 18.6. The number of rotatable bonds is 7. The van der Waals surface area contributed by atoms with Crippen LogP contribution in [0.15, 0.2) is 47.5 Å². The summed E-state index contributed by atoms with van der Waals surface area (Å²) in [7, 11) is 3.23. The molecule has 0 atom stereocenters. The number of carbonyl (C=O) groups excluding carboxylic acids is 1. The lowest BCUT2D eigenvalue weighted by Crippen LogP contribution is -2.41. The third-order valence-electron chi connectivity index (χ3n) is 3.98. The number of carbonyl (C=O) groups is 1. The summed E-state index contributed by atoms with van der Waals surface area (Å²) in [4.78, 5) is 16.2. The summed E-state index contributed by atoms with van der Waals surface area (Å²) in [6, 6.07) is 12.0. The van der Waals surface area contributed by atoms with Crippen molar-refractivity contribution < 1.29 is 13.9 Å². The van der Waals surface area contributed by atoms with Crippen molar-refractivity contribution in [3.05, 3.63) is 65.0 Å². The Hall–Kier alpha value is -2.36. The topological polar surface area (TPSA) is 74.8 Å². The zero-order chi connectivity index (χ0) is 19.6. The summed E-state index contributed by atoms with van der Waals surface area (Å²) >= 11 is 0. The van der Waals surface area contributed by atoms with Gasteiger partial charge in [0, 0.05) is 32.2 Å². The Morgan fingerprint density at radius 3 is 2.36 bits per heavy atom. The second-order valence-electron chi connectivity index (χ2n) is 5.92. The molecule has 0 saturated carbocycles. The lowest BCUT2D eigenvalue weighted by molar-refractivity contribution is 0.0954. The van der Waals surface area contributed by atoms with Gasteiger partial charge in [-0.25, -0.2) is 4.39 Å². The maximum Gasteiger partial charge on any atom is 0.251 e. The molecule has 0 saturated heterocycles. The zero-order valence-corrected chi connectivity index (χ0v) is 18.5. The first-order valence-corrected chi connectivity index (χ1v) is 8.65. The van der Waals surface area contributed by atoms with Gasteiger partial charge in [-0.1, -0.05) is 12.1 Å². The van der Waals surface area contributed by atoms with Crippen molar-refractivity contribution in [1.29, 1.82) is 0 Å². The van der Waals surface area contributed by atoms with E-state index in [1.807, 2.05) is 6.07 Å². The standard InChI is InChI=1S/C20H25FN4O2.HI/c1-14-4-5-15(12-18(14)21)13-25-20(22-2)24-11-10-23-19(26)16-6-8-17(27-3)9-7-16;/h4-9,12H,10-11,13H2,1-3H3,(H,23,26)(H2,22,24,25);1H. The van der Waals surface area contributed by atoms with E-state index in [9.17, 15) is 9.18 Å². The lowest BCUT2D eigenvalue weighted by Gasteiger charge is -2.13. The molecule has 0 aliphatic rings. The quantitative estimate of drug-likeness (QED) is 0.237. The van der Waals surface area contributed by atoms with Gasteiger partial charge in [-0.3, -0.25) is 9.79 Å². The molecule has 2 rings (SSSR count). The molecule has 1 amide bonds. The number of amides is 1. The molecule has 0 spiro atoms. The normalized spacial score (nSPS) is 10.6. The molecule has 0 heterocycles. The molecule has 6 nitrogen and oxygen atoms in total. The van der Waals surface area contributed by atoms with Gasteiger partial charge >= 0.3 is 0 Å². The fourth-order valence-corrected chi connectivity index (χ4v) is 2.35. The largest absolute Gasteiger partial charge is 0.497 e. The van der Waals surface area contributed by atoms with Crippen LogP contribution >= 0.6 is 24.0 Å². The first kappa shape index (κ1) is 23.7. The third-order valence-corrected chi connectivity index (χ3v) is 3.98. The van der Waals surface area contributed by atoms with E-state index in [0.29, 0.717) is 42.5 Å². The number of guanidine groups is 1. The van der Waals surface area contributed by atoms with Crippen molar-refractivity contribution in [1.82, 2.24) is 16.0 Å². The van der Waals surface area contributed by atoms with E-state index in [1.165, 1.54) is 6.07 Å². The minimum atomic E-state index is -0.224. The van der Waals surface area contributed by atoms with Crippen LogP contribution in [0.3, 0.4) is 0 Å². The van der Waals surface area contributed by atoms with Gasteiger partial charge in [-0.2, -0.15) is 0 Å². The first-order valence-electron chi connectivity index (χ1n) is 8.65. The second-order valence-corrected chi connectivity index (χ2v) is 5.92. The van der Waals surface area contributed by atoms with Crippen LogP contribution in [-0.4, -0.2) is 39.1 Å². The van der Waals surface area contributed by atoms with E-state index < -0.39 is 0 Å². The van der Waals surface area contributed by atoms with E-state index >= 15 is 0 Å². The van der Waals surface area contributed by atoms with Gasteiger partial charge in [0.2, 0.25) is 0 Å². The highest BCUT2D eigenvalue weighted by Gasteiger charge is 2.05. The van der Waals surface area contributed by atoms with Gasteiger partial charge < -0.3 is 20.7 Å². The number of ether oxygens (including phenoxy) is 1. The van der Waals surface area contributed by atoms with Crippen molar-refractivity contribution in [2.24, 2.45) is 4.99 Å². The van der Waals surface area contributed by atoms with Crippen molar-refractivity contribution in [2.75, 3.05) is 27.2 Å². The highest BCUT2D eigenvalue weighted by molar-refractivity contribution is 14.0. The van der Waals surface area contributed by atoms with Crippen LogP contribution in [0.1, 0.15) is 21.5 Å². The Morgan fingerprint density at radius 2 is 1.75 bits per heavy atom. The van der Waals surface area contributed by atoms with E-state index in [1.54, 1.807) is 51.4 Å².